The summed E-state index contributed by atoms with van der Waals surface area (Å²) in [6.45, 7) is 4.68. The highest BCUT2D eigenvalue weighted by Crippen LogP contribution is 2.42. The van der Waals surface area contributed by atoms with Crippen molar-refractivity contribution in [3.63, 3.8) is 0 Å². The van der Waals surface area contributed by atoms with Crippen LogP contribution in [0.25, 0.3) is 0 Å². The standard InChI is InChI=1S/C14H22N2O3S2/c1-3-21(18,19)13-11(15)12(10(2)17)20-14(13)16-8-6-4-5-7-9-16/h3-9,15H2,1-2H3. The van der Waals surface area contributed by atoms with Gasteiger partial charge in [0.2, 0.25) is 0 Å². The molecule has 1 aromatic rings. The van der Waals surface area contributed by atoms with Gasteiger partial charge in [-0.2, -0.15) is 0 Å². The van der Waals surface area contributed by atoms with E-state index in [4.69, 9.17) is 5.73 Å². The van der Waals surface area contributed by atoms with E-state index in [1.54, 1.807) is 6.92 Å². The van der Waals surface area contributed by atoms with Gasteiger partial charge in [-0.05, 0) is 12.8 Å². The SMILES string of the molecule is CCS(=O)(=O)c1c(N2CCCCCC2)sc(C(C)=O)c1N. The van der Waals surface area contributed by atoms with Gasteiger partial charge in [0, 0.05) is 20.0 Å². The zero-order chi connectivity index (χ0) is 15.6. The predicted molar refractivity (Wildman–Crippen MR) is 87.1 cm³/mol. The Kier molecular flexibility index (Phi) is 4.93. The van der Waals surface area contributed by atoms with Crippen LogP contribution in [0.15, 0.2) is 4.90 Å². The highest BCUT2D eigenvalue weighted by Gasteiger charge is 2.30. The van der Waals surface area contributed by atoms with E-state index in [2.05, 4.69) is 4.90 Å². The number of nitrogen functional groups attached to an aromatic ring is 1. The molecule has 1 aromatic heterocycles. The summed E-state index contributed by atoms with van der Waals surface area (Å²) in [5.74, 6) is -0.183. The minimum atomic E-state index is -3.44. The number of thiophene rings is 1. The van der Waals surface area contributed by atoms with Gasteiger partial charge in [0.25, 0.3) is 0 Å². The summed E-state index contributed by atoms with van der Waals surface area (Å²) in [7, 11) is -3.44. The Hall–Kier alpha value is -1.08. The summed E-state index contributed by atoms with van der Waals surface area (Å²) in [6.07, 6.45) is 4.40. The quantitative estimate of drug-likeness (QED) is 0.859. The minimum absolute atomic E-state index is 0.00782. The Morgan fingerprint density at radius 2 is 1.81 bits per heavy atom. The first kappa shape index (κ1) is 16.3. The lowest BCUT2D eigenvalue weighted by Gasteiger charge is -2.22. The average molecular weight is 330 g/mol. The lowest BCUT2D eigenvalue weighted by atomic mass is 10.2. The molecule has 0 radical (unpaired) electrons. The van der Waals surface area contributed by atoms with Crippen molar-refractivity contribution in [3.8, 4) is 0 Å². The maximum absolute atomic E-state index is 12.4. The van der Waals surface area contributed by atoms with E-state index in [1.807, 2.05) is 0 Å². The predicted octanol–water partition coefficient (Wildman–Crippen LogP) is 2.71. The second kappa shape index (κ2) is 6.36. The van der Waals surface area contributed by atoms with Crippen LogP contribution >= 0.6 is 11.3 Å². The lowest BCUT2D eigenvalue weighted by Crippen LogP contribution is -2.25. The molecule has 0 bridgehead atoms. The number of carbonyl (C=O) groups is 1. The van der Waals surface area contributed by atoms with Crippen LogP contribution in [0.3, 0.4) is 0 Å². The van der Waals surface area contributed by atoms with Gasteiger partial charge in [-0.3, -0.25) is 4.79 Å². The molecule has 0 amide bonds. The van der Waals surface area contributed by atoms with E-state index in [9.17, 15) is 13.2 Å². The molecule has 1 aliphatic heterocycles. The average Bonchev–Trinajstić information content (AvgIpc) is 2.63. The zero-order valence-electron chi connectivity index (χ0n) is 12.5. The van der Waals surface area contributed by atoms with Crippen LogP contribution in [0, 0.1) is 0 Å². The molecule has 2 N–H and O–H groups in total. The van der Waals surface area contributed by atoms with Gasteiger partial charge in [0.15, 0.2) is 15.6 Å². The number of ketones is 1. The first-order valence-electron chi connectivity index (χ1n) is 7.29. The monoisotopic (exact) mass is 330 g/mol. The van der Waals surface area contributed by atoms with Crippen molar-refractivity contribution in [2.75, 3.05) is 29.5 Å². The molecule has 1 saturated heterocycles. The van der Waals surface area contributed by atoms with Crippen LogP contribution in [0.5, 0.6) is 0 Å². The van der Waals surface area contributed by atoms with E-state index in [0.29, 0.717) is 9.88 Å². The van der Waals surface area contributed by atoms with Crippen LogP contribution in [-0.4, -0.2) is 33.0 Å². The highest BCUT2D eigenvalue weighted by atomic mass is 32.2. The summed E-state index contributed by atoms with van der Waals surface area (Å²) in [6, 6.07) is 0. The van der Waals surface area contributed by atoms with E-state index < -0.39 is 9.84 Å². The zero-order valence-corrected chi connectivity index (χ0v) is 14.1. The van der Waals surface area contributed by atoms with Gasteiger partial charge in [-0.15, -0.1) is 11.3 Å². The molecule has 0 spiro atoms. The summed E-state index contributed by atoms with van der Waals surface area (Å²) in [4.78, 5) is 14.3. The molecule has 1 aliphatic rings. The van der Waals surface area contributed by atoms with Crippen molar-refractivity contribution < 1.29 is 13.2 Å². The van der Waals surface area contributed by atoms with Gasteiger partial charge in [0.05, 0.1) is 16.3 Å². The molecule has 5 nitrogen and oxygen atoms in total. The summed E-state index contributed by atoms with van der Waals surface area (Å²) < 4.78 is 24.8. The number of sulfone groups is 1. The first-order chi connectivity index (χ1) is 9.88. The largest absolute Gasteiger partial charge is 0.396 e. The Balaban J connectivity index is 2.58. The van der Waals surface area contributed by atoms with Crippen LogP contribution < -0.4 is 10.6 Å². The smallest absolute Gasteiger partial charge is 0.183 e. The number of nitrogens with zero attached hydrogens (tertiary/aromatic N) is 1. The fourth-order valence-corrected chi connectivity index (χ4v) is 5.36. The third-order valence-corrected chi connectivity index (χ3v) is 7.08. The number of hydrogen-bond acceptors (Lipinski definition) is 6. The van der Waals surface area contributed by atoms with E-state index in [1.165, 1.54) is 18.3 Å². The summed E-state index contributed by atoms with van der Waals surface area (Å²) in [5.41, 5.74) is 6.13. The Bertz CT molecular complexity index is 627. The van der Waals surface area contributed by atoms with Gasteiger partial charge in [-0.1, -0.05) is 19.8 Å². The number of anilines is 2. The number of hydrogen-bond donors (Lipinski definition) is 1. The third-order valence-electron chi connectivity index (χ3n) is 3.79. The molecule has 7 heteroatoms. The molecular formula is C14H22N2O3S2. The second-order valence-corrected chi connectivity index (χ2v) is 8.55. The van der Waals surface area contributed by atoms with Crippen molar-refractivity contribution in [3.05, 3.63) is 4.88 Å². The van der Waals surface area contributed by atoms with E-state index in [0.717, 1.165) is 38.8 Å². The maximum atomic E-state index is 12.4. The number of nitrogens with two attached hydrogens (primary N) is 1. The van der Waals surface area contributed by atoms with Gasteiger partial charge in [-0.25, -0.2) is 8.42 Å². The fraction of sp³-hybridized carbons (Fsp3) is 0.643. The molecule has 2 heterocycles. The van der Waals surface area contributed by atoms with Gasteiger partial charge >= 0.3 is 0 Å². The highest BCUT2D eigenvalue weighted by molar-refractivity contribution is 7.92. The Labute approximate surface area is 130 Å². The summed E-state index contributed by atoms with van der Waals surface area (Å²) >= 11 is 1.22. The minimum Gasteiger partial charge on any atom is -0.396 e. The van der Waals surface area contributed by atoms with Crippen molar-refractivity contribution >= 4 is 37.6 Å². The molecule has 1 fully saturated rings. The third kappa shape index (κ3) is 3.23. The molecular weight excluding hydrogens is 308 g/mol. The molecule has 0 saturated carbocycles. The Morgan fingerprint density at radius 3 is 2.29 bits per heavy atom. The molecule has 0 atom stereocenters. The molecule has 2 rings (SSSR count). The lowest BCUT2D eigenvalue weighted by molar-refractivity contribution is 0.102. The van der Waals surface area contributed by atoms with Crippen molar-refractivity contribution in [2.24, 2.45) is 0 Å². The van der Waals surface area contributed by atoms with Crippen LogP contribution in [0.4, 0.5) is 10.7 Å². The first-order valence-corrected chi connectivity index (χ1v) is 9.76. The van der Waals surface area contributed by atoms with Crippen LogP contribution in [0.2, 0.25) is 0 Å². The normalized spacial score (nSPS) is 16.8. The molecule has 0 aromatic carbocycles. The topological polar surface area (TPSA) is 80.5 Å². The van der Waals surface area contributed by atoms with Crippen molar-refractivity contribution in [1.29, 1.82) is 0 Å². The molecule has 0 unspecified atom stereocenters. The van der Waals surface area contributed by atoms with Gasteiger partial charge in [0.1, 0.15) is 9.90 Å². The molecule has 118 valence electrons. The maximum Gasteiger partial charge on any atom is 0.183 e. The van der Waals surface area contributed by atoms with E-state index in [-0.39, 0.29) is 22.1 Å². The second-order valence-electron chi connectivity index (χ2n) is 5.34. The fourth-order valence-electron chi connectivity index (χ4n) is 2.60. The van der Waals surface area contributed by atoms with Gasteiger partial charge < -0.3 is 10.6 Å². The van der Waals surface area contributed by atoms with E-state index >= 15 is 0 Å². The number of carbonyl (C=O) groups excluding carboxylic acids is 1. The van der Waals surface area contributed by atoms with Crippen molar-refractivity contribution in [2.45, 2.75) is 44.4 Å². The number of rotatable bonds is 4. The summed E-state index contributed by atoms with van der Waals surface area (Å²) in [5, 5.41) is 0.654. The Morgan fingerprint density at radius 1 is 1.24 bits per heavy atom. The van der Waals surface area contributed by atoms with Crippen LogP contribution in [-0.2, 0) is 9.84 Å². The van der Waals surface area contributed by atoms with Crippen LogP contribution in [0.1, 0.15) is 49.2 Å². The van der Waals surface area contributed by atoms with Crippen molar-refractivity contribution in [1.82, 2.24) is 0 Å². The number of Topliss-reactive ketones (excluding diaryl/α,β-unsaturated/α-hetero) is 1. The molecule has 21 heavy (non-hydrogen) atoms. The molecule has 0 aliphatic carbocycles.